The van der Waals surface area contributed by atoms with E-state index in [9.17, 15) is 9.50 Å². The van der Waals surface area contributed by atoms with Gasteiger partial charge in [0.2, 0.25) is 0 Å². The minimum absolute atomic E-state index is 0.235. The molecule has 2 nitrogen and oxygen atoms in total. The Bertz CT molecular complexity index is 380. The summed E-state index contributed by atoms with van der Waals surface area (Å²) in [6.07, 6.45) is 1.89. The molecule has 0 spiro atoms. The zero-order valence-corrected chi connectivity index (χ0v) is 11.2. The molecule has 17 heavy (non-hydrogen) atoms. The van der Waals surface area contributed by atoms with Crippen molar-refractivity contribution in [2.75, 3.05) is 13.1 Å². The average molecular weight is 302 g/mol. The number of aliphatic hydroxyl groups excluding tert-OH is 1. The fourth-order valence-corrected chi connectivity index (χ4v) is 2.73. The van der Waals surface area contributed by atoms with E-state index in [0.29, 0.717) is 12.0 Å². The molecule has 1 unspecified atom stereocenters. The maximum Gasteiger partial charge on any atom is 0.126 e. The lowest BCUT2D eigenvalue weighted by Gasteiger charge is -2.27. The highest BCUT2D eigenvalue weighted by Gasteiger charge is 2.22. The van der Waals surface area contributed by atoms with Crippen LogP contribution in [0, 0.1) is 11.7 Å². The highest BCUT2D eigenvalue weighted by Crippen LogP contribution is 2.22. The van der Waals surface area contributed by atoms with Gasteiger partial charge in [0.25, 0.3) is 0 Å². The summed E-state index contributed by atoms with van der Waals surface area (Å²) in [5, 5.41) is 13.4. The molecule has 94 valence electrons. The SMILES string of the molecule is OC(Cc1cc(Br)ccc1F)C1CCNCC1. The number of hydrogen-bond acceptors (Lipinski definition) is 2. The molecule has 1 aromatic carbocycles. The fraction of sp³-hybridized carbons (Fsp3) is 0.538. The number of rotatable bonds is 3. The van der Waals surface area contributed by atoms with Crippen molar-refractivity contribution in [3.05, 3.63) is 34.1 Å². The molecule has 0 bridgehead atoms. The molecule has 1 fully saturated rings. The minimum atomic E-state index is -0.444. The summed E-state index contributed by atoms with van der Waals surface area (Å²) < 4.78 is 14.4. The Morgan fingerprint density at radius 2 is 2.12 bits per heavy atom. The molecular weight excluding hydrogens is 285 g/mol. The highest BCUT2D eigenvalue weighted by molar-refractivity contribution is 9.10. The van der Waals surface area contributed by atoms with Gasteiger partial charge < -0.3 is 10.4 Å². The number of aliphatic hydroxyl groups is 1. The van der Waals surface area contributed by atoms with Crippen molar-refractivity contribution in [1.82, 2.24) is 5.32 Å². The van der Waals surface area contributed by atoms with E-state index in [1.165, 1.54) is 6.07 Å². The first-order chi connectivity index (χ1) is 8.16. The molecule has 0 aromatic heterocycles. The first kappa shape index (κ1) is 13.0. The van der Waals surface area contributed by atoms with Crippen molar-refractivity contribution in [1.29, 1.82) is 0 Å². The van der Waals surface area contributed by atoms with Gasteiger partial charge in [-0.05, 0) is 55.6 Å². The molecule has 1 aliphatic heterocycles. The largest absolute Gasteiger partial charge is 0.392 e. The van der Waals surface area contributed by atoms with Gasteiger partial charge in [0.1, 0.15) is 5.82 Å². The average Bonchev–Trinajstić information content (AvgIpc) is 2.35. The number of nitrogens with one attached hydrogen (secondary N) is 1. The lowest BCUT2D eigenvalue weighted by molar-refractivity contribution is 0.0883. The van der Waals surface area contributed by atoms with Crippen molar-refractivity contribution in [3.8, 4) is 0 Å². The van der Waals surface area contributed by atoms with Crippen LogP contribution >= 0.6 is 15.9 Å². The van der Waals surface area contributed by atoms with Crippen LogP contribution in [0.1, 0.15) is 18.4 Å². The zero-order valence-electron chi connectivity index (χ0n) is 9.63. The predicted molar refractivity (Wildman–Crippen MR) is 69.4 cm³/mol. The van der Waals surface area contributed by atoms with Gasteiger partial charge in [-0.25, -0.2) is 4.39 Å². The Kier molecular flexibility index (Phi) is 4.54. The van der Waals surface area contributed by atoms with Crippen LogP contribution in [-0.4, -0.2) is 24.3 Å². The Morgan fingerprint density at radius 1 is 1.41 bits per heavy atom. The summed E-state index contributed by atoms with van der Waals surface area (Å²) in [4.78, 5) is 0. The van der Waals surface area contributed by atoms with E-state index in [-0.39, 0.29) is 11.7 Å². The summed E-state index contributed by atoms with van der Waals surface area (Å²) >= 11 is 3.32. The predicted octanol–water partition coefficient (Wildman–Crippen LogP) is 2.49. The van der Waals surface area contributed by atoms with Crippen LogP contribution in [0.5, 0.6) is 0 Å². The van der Waals surface area contributed by atoms with Gasteiger partial charge in [-0.3, -0.25) is 0 Å². The number of halogens is 2. The molecule has 2 N–H and O–H groups in total. The Labute approximate surface area is 109 Å². The molecule has 0 radical (unpaired) electrons. The molecule has 1 aromatic rings. The quantitative estimate of drug-likeness (QED) is 0.899. The first-order valence-corrected chi connectivity index (χ1v) is 6.79. The smallest absolute Gasteiger partial charge is 0.126 e. The van der Waals surface area contributed by atoms with Crippen LogP contribution in [0.4, 0.5) is 4.39 Å². The standard InChI is InChI=1S/C13H17BrFNO/c14-11-1-2-12(15)10(7-11)8-13(17)9-3-5-16-6-4-9/h1-2,7,9,13,16-17H,3-6,8H2. The third kappa shape index (κ3) is 3.50. The molecule has 2 rings (SSSR count). The summed E-state index contributed by atoms with van der Waals surface area (Å²) in [5.74, 6) is 0.0517. The van der Waals surface area contributed by atoms with Gasteiger partial charge >= 0.3 is 0 Å². The minimum Gasteiger partial charge on any atom is -0.392 e. The molecule has 1 saturated heterocycles. The van der Waals surface area contributed by atoms with Crippen LogP contribution < -0.4 is 5.32 Å². The number of hydrogen-bond donors (Lipinski definition) is 2. The summed E-state index contributed by atoms with van der Waals surface area (Å²) in [5.41, 5.74) is 0.588. The zero-order chi connectivity index (χ0) is 12.3. The van der Waals surface area contributed by atoms with E-state index in [2.05, 4.69) is 21.2 Å². The van der Waals surface area contributed by atoms with Crippen LogP contribution in [-0.2, 0) is 6.42 Å². The van der Waals surface area contributed by atoms with E-state index in [1.807, 2.05) is 0 Å². The van der Waals surface area contributed by atoms with Crippen LogP contribution in [0.2, 0.25) is 0 Å². The third-order valence-electron chi connectivity index (χ3n) is 3.36. The molecule has 1 aliphatic rings. The Balaban J connectivity index is 2.01. The topological polar surface area (TPSA) is 32.3 Å². The van der Waals surface area contributed by atoms with Crippen molar-refractivity contribution in [2.45, 2.75) is 25.4 Å². The van der Waals surface area contributed by atoms with Gasteiger partial charge in [0, 0.05) is 10.9 Å². The van der Waals surface area contributed by atoms with E-state index in [1.54, 1.807) is 12.1 Å². The third-order valence-corrected chi connectivity index (χ3v) is 3.86. The maximum absolute atomic E-state index is 13.6. The van der Waals surface area contributed by atoms with Gasteiger partial charge in [-0.2, -0.15) is 0 Å². The monoisotopic (exact) mass is 301 g/mol. The highest BCUT2D eigenvalue weighted by atomic mass is 79.9. The normalized spacial score (nSPS) is 19.2. The second kappa shape index (κ2) is 5.94. The molecule has 0 amide bonds. The maximum atomic E-state index is 13.6. The van der Waals surface area contributed by atoms with Gasteiger partial charge in [0.15, 0.2) is 0 Å². The van der Waals surface area contributed by atoms with Crippen LogP contribution in [0.3, 0.4) is 0 Å². The van der Waals surface area contributed by atoms with Gasteiger partial charge in [-0.15, -0.1) is 0 Å². The van der Waals surface area contributed by atoms with E-state index >= 15 is 0 Å². The lowest BCUT2D eigenvalue weighted by Crippen LogP contribution is -2.35. The van der Waals surface area contributed by atoms with E-state index in [4.69, 9.17) is 0 Å². The fourth-order valence-electron chi connectivity index (χ4n) is 2.32. The summed E-state index contributed by atoms with van der Waals surface area (Å²) in [6.45, 7) is 1.89. The summed E-state index contributed by atoms with van der Waals surface area (Å²) in [7, 11) is 0. The molecule has 4 heteroatoms. The molecule has 0 saturated carbocycles. The number of piperidine rings is 1. The first-order valence-electron chi connectivity index (χ1n) is 5.99. The van der Waals surface area contributed by atoms with Crippen molar-refractivity contribution in [2.24, 2.45) is 5.92 Å². The van der Waals surface area contributed by atoms with Crippen molar-refractivity contribution < 1.29 is 9.50 Å². The van der Waals surface area contributed by atoms with Crippen LogP contribution in [0.25, 0.3) is 0 Å². The van der Waals surface area contributed by atoms with Crippen molar-refractivity contribution >= 4 is 15.9 Å². The molecule has 1 atom stereocenters. The molecule has 1 heterocycles. The molecular formula is C13H17BrFNO. The van der Waals surface area contributed by atoms with Crippen LogP contribution in [0.15, 0.2) is 22.7 Å². The van der Waals surface area contributed by atoms with Gasteiger partial charge in [-0.1, -0.05) is 15.9 Å². The van der Waals surface area contributed by atoms with Crippen molar-refractivity contribution in [3.63, 3.8) is 0 Å². The number of benzene rings is 1. The second-order valence-corrected chi connectivity index (χ2v) is 5.51. The second-order valence-electron chi connectivity index (χ2n) is 4.59. The summed E-state index contributed by atoms with van der Waals surface area (Å²) in [6, 6.07) is 4.87. The Hall–Kier alpha value is -0.450. The Morgan fingerprint density at radius 3 is 2.82 bits per heavy atom. The van der Waals surface area contributed by atoms with Gasteiger partial charge in [0.05, 0.1) is 6.10 Å². The lowest BCUT2D eigenvalue weighted by atomic mass is 9.88. The van der Waals surface area contributed by atoms with E-state index in [0.717, 1.165) is 30.4 Å². The molecule has 0 aliphatic carbocycles. The van der Waals surface area contributed by atoms with E-state index < -0.39 is 6.10 Å².